The average molecular weight is 399 g/mol. The smallest absolute Gasteiger partial charge is 0.418 e. The molecule has 2 aliphatic heterocycles. The first kappa shape index (κ1) is 17.3. The number of urea groups is 1. The van der Waals surface area contributed by atoms with E-state index in [1.165, 1.54) is 4.90 Å². The molecule has 4 atom stereocenters. The zero-order valence-electron chi connectivity index (χ0n) is 14.5. The molecule has 2 aliphatic carbocycles. The highest BCUT2D eigenvalue weighted by molar-refractivity contribution is 7.80. The van der Waals surface area contributed by atoms with Gasteiger partial charge in [0.05, 0.1) is 6.04 Å². The maximum absolute atomic E-state index is 12.7. The number of piperidine rings is 1. The van der Waals surface area contributed by atoms with Crippen LogP contribution in [0.1, 0.15) is 62.3 Å². The van der Waals surface area contributed by atoms with Gasteiger partial charge in [0.15, 0.2) is 0 Å². The van der Waals surface area contributed by atoms with Crippen LogP contribution >= 0.6 is 0 Å². The lowest BCUT2D eigenvalue weighted by molar-refractivity contribution is -0.0530. The van der Waals surface area contributed by atoms with E-state index in [1.807, 2.05) is 0 Å². The van der Waals surface area contributed by atoms with Crippen molar-refractivity contribution in [3.05, 3.63) is 11.8 Å². The van der Waals surface area contributed by atoms with E-state index in [9.17, 15) is 13.2 Å². The van der Waals surface area contributed by atoms with E-state index in [-0.39, 0.29) is 17.4 Å². The lowest BCUT2D eigenvalue weighted by Crippen LogP contribution is -2.43. The summed E-state index contributed by atoms with van der Waals surface area (Å²) in [5.74, 6) is 1.04. The van der Waals surface area contributed by atoms with E-state index in [1.54, 1.807) is 0 Å². The molecule has 5 rings (SSSR count). The van der Waals surface area contributed by atoms with E-state index in [0.29, 0.717) is 24.7 Å². The molecule has 1 spiro atoms. The van der Waals surface area contributed by atoms with Gasteiger partial charge in [0.2, 0.25) is 11.8 Å². The summed E-state index contributed by atoms with van der Waals surface area (Å²) in [6, 6.07) is -1.32. The largest absolute Gasteiger partial charge is 0.423 e. The fraction of sp³-hybridized carbons (Fsp3) is 0.800. The van der Waals surface area contributed by atoms with Gasteiger partial charge in [-0.05, 0) is 43.9 Å². The highest BCUT2D eigenvalue weighted by Crippen LogP contribution is 2.61. The summed E-state index contributed by atoms with van der Waals surface area (Å²) >= 11 is 0. The van der Waals surface area contributed by atoms with Crippen molar-refractivity contribution in [3.8, 4) is 0 Å². The number of hydrogen-bond acceptors (Lipinski definition) is 8. The van der Waals surface area contributed by atoms with E-state index in [4.69, 9.17) is 14.7 Å². The molecule has 27 heavy (non-hydrogen) atoms. The van der Waals surface area contributed by atoms with Crippen LogP contribution in [0.15, 0.2) is 4.42 Å². The topological polar surface area (TPSA) is 152 Å². The number of nitrogens with zero attached hydrogens (tertiary/aromatic N) is 4. The van der Waals surface area contributed by atoms with E-state index in [2.05, 4.69) is 14.5 Å². The summed E-state index contributed by atoms with van der Waals surface area (Å²) in [5.41, 5.74) is 5.71. The second-order valence-corrected chi connectivity index (χ2v) is 9.11. The standard InChI is InChI=1S/C15H21N5O6S/c16-9-2-1-8(5-9)12-17-18-13(25-12)10-6-15(3-4-15)11-7-19(10)14(21)20(11)26-27(22,23)24/h8-11H,1-7,16H2,(H,22,23,24)/t8-,9+,10+,11+/m1/s1. The SMILES string of the molecule is N[C@H]1CC[C@@H](c2nnc([C@@H]3CC4(CC4)[C@@H]4CN3C(=O)N4OS(=O)(=O)O)o2)C1. The van der Waals surface area contributed by atoms with Crippen LogP contribution < -0.4 is 5.73 Å². The Morgan fingerprint density at radius 2 is 2.00 bits per heavy atom. The van der Waals surface area contributed by atoms with E-state index >= 15 is 0 Å². The van der Waals surface area contributed by atoms with Gasteiger partial charge in [0, 0.05) is 18.5 Å². The quantitative estimate of drug-likeness (QED) is 0.698. The number of carbonyl (C=O) groups is 1. The minimum Gasteiger partial charge on any atom is -0.423 e. The Kier molecular flexibility index (Phi) is 3.61. The van der Waals surface area contributed by atoms with Crippen molar-refractivity contribution in [2.45, 2.75) is 62.6 Å². The highest BCUT2D eigenvalue weighted by Gasteiger charge is 2.65. The Morgan fingerprint density at radius 1 is 1.26 bits per heavy atom. The number of amides is 2. The minimum atomic E-state index is -4.78. The van der Waals surface area contributed by atoms with Gasteiger partial charge < -0.3 is 15.1 Å². The van der Waals surface area contributed by atoms with Crippen molar-refractivity contribution in [2.24, 2.45) is 11.1 Å². The molecule has 2 saturated heterocycles. The summed E-state index contributed by atoms with van der Waals surface area (Å²) in [6.07, 6.45) is 4.91. The molecular formula is C15H21N5O6S. The number of rotatable bonds is 4. The molecular weight excluding hydrogens is 378 g/mol. The molecule has 11 nitrogen and oxygen atoms in total. The number of hydrogen-bond donors (Lipinski definition) is 2. The summed E-state index contributed by atoms with van der Waals surface area (Å²) in [4.78, 5) is 14.2. The molecule has 4 fully saturated rings. The fourth-order valence-electron chi connectivity index (χ4n) is 4.82. The van der Waals surface area contributed by atoms with Crippen LogP contribution in [-0.4, -0.2) is 57.8 Å². The molecule has 3 N–H and O–H groups in total. The van der Waals surface area contributed by atoms with Gasteiger partial charge in [0.1, 0.15) is 6.04 Å². The zero-order valence-corrected chi connectivity index (χ0v) is 15.3. The van der Waals surface area contributed by atoms with Gasteiger partial charge >= 0.3 is 16.4 Å². The maximum Gasteiger partial charge on any atom is 0.418 e. The number of carbonyl (C=O) groups excluding carboxylic acids is 1. The number of fused-ring (bicyclic) bond motifs is 3. The molecule has 2 saturated carbocycles. The van der Waals surface area contributed by atoms with Gasteiger partial charge in [0.25, 0.3) is 0 Å². The third-order valence-corrected chi connectivity index (χ3v) is 6.75. The van der Waals surface area contributed by atoms with Gasteiger partial charge in [-0.3, -0.25) is 4.55 Å². The van der Waals surface area contributed by atoms with Crippen LogP contribution in [-0.2, 0) is 14.7 Å². The van der Waals surface area contributed by atoms with Crippen molar-refractivity contribution in [1.82, 2.24) is 20.2 Å². The molecule has 0 unspecified atom stereocenters. The first-order chi connectivity index (χ1) is 12.8. The Morgan fingerprint density at radius 3 is 2.63 bits per heavy atom. The summed E-state index contributed by atoms with van der Waals surface area (Å²) < 4.78 is 41.8. The van der Waals surface area contributed by atoms with E-state index in [0.717, 1.165) is 37.2 Å². The first-order valence-electron chi connectivity index (χ1n) is 9.11. The van der Waals surface area contributed by atoms with Crippen molar-refractivity contribution in [3.63, 3.8) is 0 Å². The molecule has 0 aromatic carbocycles. The van der Waals surface area contributed by atoms with Crippen molar-refractivity contribution in [1.29, 1.82) is 0 Å². The van der Waals surface area contributed by atoms with Crippen molar-refractivity contribution >= 4 is 16.4 Å². The minimum absolute atomic E-state index is 0.140. The maximum atomic E-state index is 12.7. The zero-order chi connectivity index (χ0) is 19.0. The number of hydroxylamine groups is 2. The highest BCUT2D eigenvalue weighted by atomic mass is 32.3. The van der Waals surface area contributed by atoms with Crippen LogP contribution in [0.4, 0.5) is 4.79 Å². The predicted molar refractivity (Wildman–Crippen MR) is 88.3 cm³/mol. The molecule has 0 radical (unpaired) electrons. The molecule has 12 heteroatoms. The molecule has 3 heterocycles. The lowest BCUT2D eigenvalue weighted by atomic mass is 9.85. The monoisotopic (exact) mass is 399 g/mol. The third kappa shape index (κ3) is 2.82. The molecule has 2 amide bonds. The lowest BCUT2D eigenvalue weighted by Gasteiger charge is -2.34. The average Bonchev–Trinajstić information content (AvgIpc) is 2.97. The van der Waals surface area contributed by atoms with E-state index < -0.39 is 28.5 Å². The third-order valence-electron chi connectivity index (χ3n) is 6.40. The predicted octanol–water partition coefficient (Wildman–Crippen LogP) is 0.730. The Hall–Kier alpha value is -1.76. The molecule has 4 aliphatic rings. The van der Waals surface area contributed by atoms with Gasteiger partial charge in [-0.1, -0.05) is 0 Å². The second kappa shape index (κ2) is 5.63. The molecule has 148 valence electrons. The summed E-state index contributed by atoms with van der Waals surface area (Å²) in [5, 5.41) is 9.13. The molecule has 2 bridgehead atoms. The Balaban J connectivity index is 1.42. The van der Waals surface area contributed by atoms with Crippen molar-refractivity contribution in [2.75, 3.05) is 6.54 Å². The Labute approximate surface area is 155 Å². The molecule has 1 aromatic rings. The van der Waals surface area contributed by atoms with Crippen LogP contribution in [0.25, 0.3) is 0 Å². The fourth-order valence-corrected chi connectivity index (χ4v) is 5.19. The summed E-state index contributed by atoms with van der Waals surface area (Å²) in [7, 11) is -4.78. The number of aromatic nitrogens is 2. The first-order valence-corrected chi connectivity index (χ1v) is 10.5. The Bertz CT molecular complexity index is 883. The van der Waals surface area contributed by atoms with Gasteiger partial charge in [-0.2, -0.15) is 13.5 Å². The molecule has 1 aromatic heterocycles. The normalized spacial score (nSPS) is 34.7. The summed E-state index contributed by atoms with van der Waals surface area (Å²) in [6.45, 7) is 0.297. The van der Waals surface area contributed by atoms with Gasteiger partial charge in [-0.15, -0.1) is 14.5 Å². The van der Waals surface area contributed by atoms with Crippen LogP contribution in [0.3, 0.4) is 0 Å². The van der Waals surface area contributed by atoms with Crippen LogP contribution in [0.5, 0.6) is 0 Å². The second-order valence-electron chi connectivity index (χ2n) is 8.11. The van der Waals surface area contributed by atoms with Crippen LogP contribution in [0.2, 0.25) is 0 Å². The van der Waals surface area contributed by atoms with Crippen LogP contribution in [0, 0.1) is 5.41 Å². The van der Waals surface area contributed by atoms with Gasteiger partial charge in [-0.25, -0.2) is 4.79 Å². The van der Waals surface area contributed by atoms with Crippen molar-refractivity contribution < 1.29 is 26.5 Å². The number of nitrogens with two attached hydrogens (primary N) is 1.